The summed E-state index contributed by atoms with van der Waals surface area (Å²) in [6.07, 6.45) is 2.75. The Hall–Kier alpha value is -4.04. The Kier molecular flexibility index (Phi) is 8.86. The molecule has 2 aliphatic rings. The third-order valence-corrected chi connectivity index (χ3v) is 7.45. The first kappa shape index (κ1) is 27.5. The second-order valence-corrected chi connectivity index (χ2v) is 10.1. The maximum atomic E-state index is 11.7. The number of benzene rings is 2. The molecule has 10 heteroatoms. The summed E-state index contributed by atoms with van der Waals surface area (Å²) in [7, 11) is 0. The van der Waals surface area contributed by atoms with Crippen LogP contribution in [0.1, 0.15) is 23.4 Å². The van der Waals surface area contributed by atoms with Crippen LogP contribution in [-0.2, 0) is 11.2 Å². The van der Waals surface area contributed by atoms with Crippen molar-refractivity contribution in [3.8, 4) is 23.1 Å². The highest BCUT2D eigenvalue weighted by Crippen LogP contribution is 2.28. The highest BCUT2D eigenvalue weighted by molar-refractivity contribution is 5.77. The van der Waals surface area contributed by atoms with E-state index in [1.165, 1.54) is 5.69 Å². The number of piperazine rings is 1. The number of hydrogen-bond donors (Lipinski definition) is 2. The molecule has 2 aromatic carbocycles. The smallest absolute Gasteiger partial charge is 0.248 e. The Labute approximate surface area is 234 Å². The molecule has 2 saturated heterocycles. The van der Waals surface area contributed by atoms with Crippen molar-refractivity contribution < 1.29 is 19.7 Å². The zero-order chi connectivity index (χ0) is 27.9. The van der Waals surface area contributed by atoms with E-state index in [1.807, 2.05) is 12.1 Å². The maximum absolute atomic E-state index is 11.7. The summed E-state index contributed by atoms with van der Waals surface area (Å²) in [4.78, 5) is 27.2. The summed E-state index contributed by atoms with van der Waals surface area (Å²) >= 11 is 0. The zero-order valence-corrected chi connectivity index (χ0v) is 22.4. The highest BCUT2D eigenvalue weighted by atomic mass is 16.5. The van der Waals surface area contributed by atoms with E-state index in [4.69, 9.17) is 14.8 Å². The molecule has 0 spiro atoms. The van der Waals surface area contributed by atoms with E-state index >= 15 is 0 Å². The van der Waals surface area contributed by atoms with Crippen molar-refractivity contribution in [2.45, 2.75) is 18.9 Å². The number of anilines is 1. The second-order valence-electron chi connectivity index (χ2n) is 10.1. The van der Waals surface area contributed by atoms with Gasteiger partial charge in [-0.15, -0.1) is 0 Å². The number of likely N-dealkylation sites (tertiary alicyclic amines) is 1. The van der Waals surface area contributed by atoms with Crippen LogP contribution < -0.4 is 9.64 Å². The van der Waals surface area contributed by atoms with Crippen LogP contribution in [0.2, 0.25) is 0 Å². The Balaban J connectivity index is 1.25. The average Bonchev–Trinajstić information content (AvgIpc) is 3.46. The molecular formula is C30H34N6O4. The number of nitriles is 1. The van der Waals surface area contributed by atoms with Gasteiger partial charge in [-0.1, -0.05) is 12.1 Å². The van der Waals surface area contributed by atoms with Gasteiger partial charge in [-0.25, -0.2) is 9.97 Å². The third kappa shape index (κ3) is 6.57. The summed E-state index contributed by atoms with van der Waals surface area (Å²) < 4.78 is 6.05. The minimum absolute atomic E-state index is 0.193. The molecule has 0 bridgehead atoms. The van der Waals surface area contributed by atoms with Gasteiger partial charge >= 0.3 is 0 Å². The minimum atomic E-state index is -0.513. The van der Waals surface area contributed by atoms with Gasteiger partial charge in [-0.05, 0) is 42.0 Å². The summed E-state index contributed by atoms with van der Waals surface area (Å²) in [5.74, 6) is 0.851. The largest absolute Gasteiger partial charge is 0.487 e. The molecule has 2 N–H and O–H groups in total. The molecule has 0 aliphatic carbocycles. The Morgan fingerprint density at radius 2 is 1.93 bits per heavy atom. The van der Waals surface area contributed by atoms with Crippen molar-refractivity contribution in [1.29, 1.82) is 5.26 Å². The minimum Gasteiger partial charge on any atom is -0.487 e. The van der Waals surface area contributed by atoms with Gasteiger partial charge in [0.15, 0.2) is 0 Å². The molecule has 2 fully saturated rings. The van der Waals surface area contributed by atoms with Crippen LogP contribution in [0.3, 0.4) is 0 Å². The number of carbonyl (C=O) groups excluding carboxylic acids is 1. The maximum Gasteiger partial charge on any atom is 0.248 e. The second kappa shape index (κ2) is 12.9. The summed E-state index contributed by atoms with van der Waals surface area (Å²) in [5.41, 5.74) is 4.23. The van der Waals surface area contributed by atoms with Crippen LogP contribution in [0.15, 0.2) is 54.7 Å². The van der Waals surface area contributed by atoms with Crippen LogP contribution >= 0.6 is 0 Å². The van der Waals surface area contributed by atoms with Crippen LogP contribution in [0.5, 0.6) is 5.75 Å². The fraction of sp³-hybridized carbons (Fsp3) is 0.400. The molecule has 0 unspecified atom stereocenters. The zero-order valence-electron chi connectivity index (χ0n) is 22.4. The van der Waals surface area contributed by atoms with E-state index in [-0.39, 0.29) is 18.6 Å². The number of amides is 1. The monoisotopic (exact) mass is 542 g/mol. The van der Waals surface area contributed by atoms with Gasteiger partial charge < -0.3 is 24.7 Å². The predicted octanol–water partition coefficient (Wildman–Crippen LogP) is 1.69. The number of carbonyl (C=O) groups is 1. The van der Waals surface area contributed by atoms with E-state index in [9.17, 15) is 15.2 Å². The number of aliphatic hydroxyl groups is 2. The van der Waals surface area contributed by atoms with Gasteiger partial charge in [0.1, 0.15) is 30.4 Å². The molecule has 1 aromatic heterocycles. The molecule has 10 nitrogen and oxygen atoms in total. The molecular weight excluding hydrogens is 508 g/mol. The Morgan fingerprint density at radius 3 is 2.70 bits per heavy atom. The molecule has 208 valence electrons. The normalized spacial score (nSPS) is 17.6. The first-order chi connectivity index (χ1) is 19.6. The first-order valence-corrected chi connectivity index (χ1v) is 13.6. The van der Waals surface area contributed by atoms with Crippen molar-refractivity contribution in [1.82, 2.24) is 19.8 Å². The number of rotatable bonds is 9. The summed E-state index contributed by atoms with van der Waals surface area (Å²) in [6, 6.07) is 17.9. The Morgan fingerprint density at radius 1 is 1.07 bits per heavy atom. The van der Waals surface area contributed by atoms with Crippen molar-refractivity contribution in [2.24, 2.45) is 0 Å². The summed E-state index contributed by atoms with van der Waals surface area (Å²) in [6.45, 7) is 5.05. The number of ether oxygens (including phenoxy) is 1. The fourth-order valence-electron chi connectivity index (χ4n) is 5.27. The lowest BCUT2D eigenvalue weighted by atomic mass is 10.1. The number of β-amino-alcohol motifs (C(OH)–C–C–N with tert-alkyl or cyclic N) is 1. The molecule has 0 saturated carbocycles. The van der Waals surface area contributed by atoms with Crippen LogP contribution in [0.4, 0.5) is 5.69 Å². The van der Waals surface area contributed by atoms with Gasteiger partial charge in [0.25, 0.3) is 0 Å². The molecule has 3 aromatic rings. The molecule has 40 heavy (non-hydrogen) atoms. The fourth-order valence-corrected chi connectivity index (χ4v) is 5.27. The van der Waals surface area contributed by atoms with E-state index in [0.29, 0.717) is 43.1 Å². The first-order valence-electron chi connectivity index (χ1n) is 13.6. The number of aliphatic hydroxyl groups excluding tert-OH is 2. The average molecular weight is 543 g/mol. The van der Waals surface area contributed by atoms with E-state index in [1.54, 1.807) is 23.2 Å². The van der Waals surface area contributed by atoms with Gasteiger partial charge in [0.05, 0.1) is 24.4 Å². The molecule has 1 amide bonds. The number of hydrogen-bond acceptors (Lipinski definition) is 9. The van der Waals surface area contributed by atoms with Crippen LogP contribution in [-0.4, -0.2) is 101 Å². The third-order valence-electron chi connectivity index (χ3n) is 7.45. The van der Waals surface area contributed by atoms with Crippen molar-refractivity contribution in [2.75, 3.05) is 63.9 Å². The summed E-state index contributed by atoms with van der Waals surface area (Å²) in [5, 5.41) is 28.1. The standard InChI is InChI=1S/C30H34N6O4/c31-19-24-18-23(4-5-28(24)40-26-7-9-36(20-26)30(39)21-38)27-6-8-32-29(33-27)17-22-2-1-3-25(16-22)35-12-10-34(11-13-35)14-15-37/h1-6,8,16,18,26,37-38H,7,9-15,17,20-21H2/t26-/m1/s1. The topological polar surface area (TPSA) is 126 Å². The molecule has 2 aliphatic heterocycles. The lowest BCUT2D eigenvalue weighted by Crippen LogP contribution is -2.47. The molecule has 3 heterocycles. The van der Waals surface area contributed by atoms with Crippen molar-refractivity contribution in [3.05, 3.63) is 71.7 Å². The highest BCUT2D eigenvalue weighted by Gasteiger charge is 2.27. The van der Waals surface area contributed by atoms with E-state index in [2.05, 4.69) is 45.1 Å². The van der Waals surface area contributed by atoms with Crippen LogP contribution in [0.25, 0.3) is 11.3 Å². The molecule has 1 atom stereocenters. The van der Waals surface area contributed by atoms with Gasteiger partial charge in [-0.2, -0.15) is 5.26 Å². The van der Waals surface area contributed by atoms with Crippen molar-refractivity contribution >= 4 is 11.6 Å². The lowest BCUT2D eigenvalue weighted by molar-refractivity contribution is -0.133. The molecule has 5 rings (SSSR count). The van der Waals surface area contributed by atoms with Gasteiger partial charge in [0, 0.05) is 69.6 Å². The number of aromatic nitrogens is 2. The van der Waals surface area contributed by atoms with E-state index < -0.39 is 6.61 Å². The number of nitrogens with zero attached hydrogens (tertiary/aromatic N) is 6. The van der Waals surface area contributed by atoms with Gasteiger partial charge in [0.2, 0.25) is 5.91 Å². The quantitative estimate of drug-likeness (QED) is 0.415. The SMILES string of the molecule is N#Cc1cc(-c2ccnc(Cc3cccc(N4CCN(CCO)CC4)c3)n2)ccc1O[C@@H]1CCN(C(=O)CO)C1. The lowest BCUT2D eigenvalue weighted by Gasteiger charge is -2.36. The Bertz CT molecular complexity index is 1370. The van der Waals surface area contributed by atoms with Gasteiger partial charge in [-0.3, -0.25) is 9.69 Å². The predicted molar refractivity (Wildman–Crippen MR) is 150 cm³/mol. The van der Waals surface area contributed by atoms with Crippen molar-refractivity contribution in [3.63, 3.8) is 0 Å². The van der Waals surface area contributed by atoms with E-state index in [0.717, 1.165) is 49.5 Å². The molecule has 0 radical (unpaired) electrons. The van der Waals surface area contributed by atoms with Crippen LogP contribution in [0, 0.1) is 11.3 Å².